The first kappa shape index (κ1) is 60.8. The van der Waals surface area contributed by atoms with E-state index in [1.807, 2.05) is 6.92 Å². The number of carbonyl (C=O) groups is 2. The van der Waals surface area contributed by atoms with E-state index in [4.69, 9.17) is 57.3 Å². The average molecular weight is 749 g/mol. The standard InChI is InChI=1S/C11H22O2.C9H18O.C8H16O2.C6H12O.4CO2/c1-4-6-10(5-2)9-11(3)12-7-8-13-11;1-4-6-9(5-2)7-8(3)10;1-3-4-5-8(2)9-6-7-10-8;1-3-4-5-6(2)7;4*2-1-3/h10H,4-9H2,1-3H3;9H,4-7H2,1-3H3;3-7H2,1-2H3;3-5H2,1-2H3;;;;. The lowest BCUT2D eigenvalue weighted by molar-refractivity contribution is -0.193. The van der Waals surface area contributed by atoms with Crippen LogP contribution >= 0.6 is 0 Å². The number of carbonyl (C=O) groups excluding carboxylic acids is 10. The van der Waals surface area contributed by atoms with Crippen LogP contribution in [0, 0.1) is 11.8 Å². The van der Waals surface area contributed by atoms with Crippen molar-refractivity contribution in [2.75, 3.05) is 26.4 Å². The van der Waals surface area contributed by atoms with E-state index < -0.39 is 0 Å². The fraction of sp³-hybridized carbons (Fsp3) is 0.842. The zero-order valence-corrected chi connectivity index (χ0v) is 33.6. The van der Waals surface area contributed by atoms with Gasteiger partial charge in [-0.3, -0.25) is 0 Å². The van der Waals surface area contributed by atoms with E-state index in [1.165, 1.54) is 44.9 Å². The molecule has 0 saturated carbocycles. The third kappa shape index (κ3) is 53.5. The Kier molecular flexibility index (Phi) is 55.7. The summed E-state index contributed by atoms with van der Waals surface area (Å²) in [6.45, 7) is 23.5. The monoisotopic (exact) mass is 748 g/mol. The molecule has 2 atom stereocenters. The smallest absolute Gasteiger partial charge is 0.348 e. The van der Waals surface area contributed by atoms with Crippen molar-refractivity contribution in [3.63, 3.8) is 0 Å². The van der Waals surface area contributed by atoms with E-state index in [1.54, 1.807) is 13.8 Å². The molecule has 52 heavy (non-hydrogen) atoms. The highest BCUT2D eigenvalue weighted by molar-refractivity contribution is 5.75. The predicted molar refractivity (Wildman–Crippen MR) is 188 cm³/mol. The van der Waals surface area contributed by atoms with Gasteiger partial charge in [0.1, 0.15) is 11.6 Å². The second kappa shape index (κ2) is 47.7. The molecular weight excluding hydrogens is 680 g/mol. The summed E-state index contributed by atoms with van der Waals surface area (Å²) in [6, 6.07) is 0. The van der Waals surface area contributed by atoms with Crippen molar-refractivity contribution in [1.82, 2.24) is 0 Å². The summed E-state index contributed by atoms with van der Waals surface area (Å²) >= 11 is 0. The zero-order valence-electron chi connectivity index (χ0n) is 33.6. The van der Waals surface area contributed by atoms with Crippen molar-refractivity contribution < 1.29 is 66.9 Å². The Balaban J connectivity index is -0.000000124. The molecule has 2 rings (SSSR count). The van der Waals surface area contributed by atoms with Crippen LogP contribution in [0.15, 0.2) is 0 Å². The van der Waals surface area contributed by atoms with Crippen molar-refractivity contribution in [2.45, 2.75) is 171 Å². The van der Waals surface area contributed by atoms with Crippen LogP contribution in [0.4, 0.5) is 0 Å². The molecule has 0 aromatic rings. The number of hydrogen-bond acceptors (Lipinski definition) is 14. The predicted octanol–water partition coefficient (Wildman–Crippen LogP) is 7.13. The van der Waals surface area contributed by atoms with Crippen molar-refractivity contribution in [3.05, 3.63) is 0 Å². The minimum atomic E-state index is -0.282. The van der Waals surface area contributed by atoms with E-state index in [0.29, 0.717) is 17.5 Å². The second-order valence-electron chi connectivity index (χ2n) is 12.1. The first-order chi connectivity index (χ1) is 24.6. The van der Waals surface area contributed by atoms with E-state index in [-0.39, 0.29) is 36.2 Å². The van der Waals surface area contributed by atoms with Crippen LogP contribution in [0.2, 0.25) is 0 Å². The molecule has 0 radical (unpaired) electrons. The minimum absolute atomic E-state index is 0.250. The number of Topliss-reactive ketones (excluding diaryl/α,β-unsaturated/α-hetero) is 2. The SMILES string of the molecule is CCCC(CC)CC(C)=O.CCCC(CC)CC1(C)OCCO1.CCCCC(C)=O.CCCCC1(C)OCCO1.O=C=O.O=C=O.O=C=O.O=C=O. The van der Waals surface area contributed by atoms with Crippen LogP contribution in [0.3, 0.4) is 0 Å². The van der Waals surface area contributed by atoms with Gasteiger partial charge in [-0.1, -0.05) is 92.9 Å². The van der Waals surface area contributed by atoms with Gasteiger partial charge < -0.3 is 28.5 Å². The molecule has 0 amide bonds. The molecule has 2 saturated heterocycles. The van der Waals surface area contributed by atoms with Crippen LogP contribution < -0.4 is 0 Å². The van der Waals surface area contributed by atoms with E-state index >= 15 is 0 Å². The molecule has 304 valence electrons. The maximum absolute atomic E-state index is 10.7. The van der Waals surface area contributed by atoms with Gasteiger partial charge in [0, 0.05) is 25.7 Å². The van der Waals surface area contributed by atoms with Crippen molar-refractivity contribution in [3.8, 4) is 0 Å². The first-order valence-corrected chi connectivity index (χ1v) is 18.1. The van der Waals surface area contributed by atoms with Crippen molar-refractivity contribution in [1.29, 1.82) is 0 Å². The highest BCUT2D eigenvalue weighted by atomic mass is 16.7. The molecule has 2 aliphatic rings. The number of ether oxygens (including phenoxy) is 4. The fourth-order valence-electron chi connectivity index (χ4n) is 4.95. The lowest BCUT2D eigenvalue weighted by Crippen LogP contribution is -2.28. The Bertz CT molecular complexity index is 881. The molecule has 0 aromatic carbocycles. The van der Waals surface area contributed by atoms with Gasteiger partial charge in [-0.2, -0.15) is 38.4 Å². The molecule has 14 heteroatoms. The Hall–Kier alpha value is -3.30. The van der Waals surface area contributed by atoms with E-state index in [2.05, 4.69) is 48.5 Å². The molecule has 2 heterocycles. The Labute approximate surface area is 311 Å². The van der Waals surface area contributed by atoms with Crippen LogP contribution in [-0.2, 0) is 66.9 Å². The average Bonchev–Trinajstić information content (AvgIpc) is 3.73. The molecule has 0 aliphatic carbocycles. The first-order valence-electron chi connectivity index (χ1n) is 18.1. The maximum Gasteiger partial charge on any atom is 0.373 e. The van der Waals surface area contributed by atoms with Gasteiger partial charge in [-0.25, -0.2) is 0 Å². The van der Waals surface area contributed by atoms with Crippen LogP contribution in [0.1, 0.15) is 159 Å². The maximum atomic E-state index is 10.7. The van der Waals surface area contributed by atoms with Gasteiger partial charge in [-0.15, -0.1) is 0 Å². The summed E-state index contributed by atoms with van der Waals surface area (Å²) in [5, 5.41) is 0. The Morgan fingerprint density at radius 3 is 1.15 bits per heavy atom. The molecular formula is C38H68O14. The van der Waals surface area contributed by atoms with E-state index in [0.717, 1.165) is 77.3 Å². The summed E-state index contributed by atoms with van der Waals surface area (Å²) in [7, 11) is 0. The molecule has 14 nitrogen and oxygen atoms in total. The lowest BCUT2D eigenvalue weighted by atomic mass is 9.93. The number of hydrogen-bond donors (Lipinski definition) is 0. The van der Waals surface area contributed by atoms with Crippen molar-refractivity contribution in [2.24, 2.45) is 11.8 Å². The topological polar surface area (TPSA) is 208 Å². The molecule has 0 aromatic heterocycles. The molecule has 2 unspecified atom stereocenters. The van der Waals surface area contributed by atoms with Crippen molar-refractivity contribution >= 4 is 36.2 Å². The van der Waals surface area contributed by atoms with Gasteiger partial charge in [0.05, 0.1) is 26.4 Å². The molecule has 0 spiro atoms. The normalized spacial score (nSPS) is 14.7. The largest absolute Gasteiger partial charge is 0.373 e. The Morgan fingerprint density at radius 1 is 0.538 bits per heavy atom. The van der Waals surface area contributed by atoms with Crippen LogP contribution in [0.5, 0.6) is 0 Å². The van der Waals surface area contributed by atoms with Gasteiger partial charge in [-0.05, 0) is 52.4 Å². The minimum Gasteiger partial charge on any atom is -0.348 e. The summed E-state index contributed by atoms with van der Waals surface area (Å²) in [6.07, 6.45) is 16.5. The van der Waals surface area contributed by atoms with Gasteiger partial charge >= 0.3 is 24.6 Å². The fourth-order valence-corrected chi connectivity index (χ4v) is 4.95. The Morgan fingerprint density at radius 2 is 0.885 bits per heavy atom. The zero-order chi connectivity index (χ0) is 41.7. The summed E-state index contributed by atoms with van der Waals surface area (Å²) in [5.74, 6) is 1.50. The lowest BCUT2D eigenvalue weighted by Gasteiger charge is -2.27. The quantitative estimate of drug-likeness (QED) is 0.154. The second-order valence-corrected chi connectivity index (χ2v) is 12.1. The molecule has 0 N–H and O–H groups in total. The van der Waals surface area contributed by atoms with E-state index in [9.17, 15) is 9.59 Å². The summed E-state index contributed by atoms with van der Waals surface area (Å²) < 4.78 is 22.0. The van der Waals surface area contributed by atoms with Crippen LogP contribution in [0.25, 0.3) is 0 Å². The number of ketones is 2. The van der Waals surface area contributed by atoms with Crippen LogP contribution in [-0.4, -0.2) is 74.2 Å². The third-order valence-electron chi connectivity index (χ3n) is 7.45. The molecule has 2 fully saturated rings. The third-order valence-corrected chi connectivity index (χ3v) is 7.45. The molecule has 2 aliphatic heterocycles. The summed E-state index contributed by atoms with van der Waals surface area (Å²) in [4.78, 5) is 85.9. The number of unbranched alkanes of at least 4 members (excludes halogenated alkanes) is 2. The van der Waals surface area contributed by atoms with Gasteiger partial charge in [0.25, 0.3) is 0 Å². The highest BCUT2D eigenvalue weighted by Gasteiger charge is 2.33. The van der Waals surface area contributed by atoms with Gasteiger partial charge in [0.2, 0.25) is 0 Å². The van der Waals surface area contributed by atoms with Gasteiger partial charge in [0.15, 0.2) is 11.6 Å². The number of rotatable bonds is 16. The highest BCUT2D eigenvalue weighted by Crippen LogP contribution is 2.30. The summed E-state index contributed by atoms with van der Waals surface area (Å²) in [5.41, 5.74) is 0. The molecule has 0 bridgehead atoms.